The number of amides is 1. The van der Waals surface area contributed by atoms with Gasteiger partial charge in [-0.2, -0.15) is 5.10 Å². The van der Waals surface area contributed by atoms with Crippen LogP contribution in [0, 0.1) is 0 Å². The average molecular weight is 501 g/mol. The van der Waals surface area contributed by atoms with Crippen molar-refractivity contribution in [3.8, 4) is 17.2 Å². The number of ether oxygens (including phenoxy) is 3. The Bertz CT molecular complexity index is 1200. The van der Waals surface area contributed by atoms with E-state index >= 15 is 0 Å². The van der Waals surface area contributed by atoms with Crippen molar-refractivity contribution in [3.05, 3.63) is 87.4 Å². The van der Waals surface area contributed by atoms with Crippen molar-refractivity contribution in [2.45, 2.75) is 13.3 Å². The molecular formula is C25H22Cl2N2O5. The molecule has 0 spiro atoms. The van der Waals surface area contributed by atoms with E-state index < -0.39 is 5.97 Å². The standard InChI is InChI=1S/C25H22Cl2N2O5/c1-3-12-33-19-8-5-17(6-9-19)24(30)29-28-15-16-4-11-22(23(13-16)32-2)34-25(31)20-10-7-18(26)14-21(20)27/h4-11,13-15H,3,12H2,1-2H3,(H,29,30). The maximum Gasteiger partial charge on any atom is 0.345 e. The first-order valence-electron chi connectivity index (χ1n) is 10.3. The molecule has 0 aliphatic heterocycles. The fourth-order valence-corrected chi connectivity index (χ4v) is 3.30. The van der Waals surface area contributed by atoms with Gasteiger partial charge in [-0.25, -0.2) is 10.2 Å². The molecule has 0 bridgehead atoms. The number of esters is 1. The smallest absolute Gasteiger partial charge is 0.345 e. The summed E-state index contributed by atoms with van der Waals surface area (Å²) < 4.78 is 16.2. The molecule has 0 aliphatic rings. The number of hydrogen-bond acceptors (Lipinski definition) is 6. The Morgan fingerprint density at radius 3 is 2.44 bits per heavy atom. The predicted octanol–water partition coefficient (Wildman–Crippen LogP) is 5.77. The lowest BCUT2D eigenvalue weighted by atomic mass is 10.2. The van der Waals surface area contributed by atoms with E-state index in [1.54, 1.807) is 48.5 Å². The van der Waals surface area contributed by atoms with Crippen LogP contribution in [0.5, 0.6) is 17.2 Å². The molecule has 34 heavy (non-hydrogen) atoms. The fraction of sp³-hybridized carbons (Fsp3) is 0.160. The van der Waals surface area contributed by atoms with Gasteiger partial charge in [-0.15, -0.1) is 0 Å². The SMILES string of the molecule is CCCOc1ccc(C(=O)NN=Cc2ccc(OC(=O)c3ccc(Cl)cc3Cl)c(OC)c2)cc1. The number of benzene rings is 3. The van der Waals surface area contributed by atoms with Crippen LogP contribution in [-0.4, -0.2) is 31.8 Å². The van der Waals surface area contributed by atoms with Crippen LogP contribution in [0.25, 0.3) is 0 Å². The second-order valence-corrected chi connectivity index (χ2v) is 7.84. The highest BCUT2D eigenvalue weighted by atomic mass is 35.5. The normalized spacial score (nSPS) is 10.7. The zero-order chi connectivity index (χ0) is 24.5. The molecule has 0 saturated heterocycles. The van der Waals surface area contributed by atoms with Crippen molar-refractivity contribution in [1.29, 1.82) is 0 Å². The van der Waals surface area contributed by atoms with Crippen LogP contribution in [0.4, 0.5) is 0 Å². The summed E-state index contributed by atoms with van der Waals surface area (Å²) in [5, 5.41) is 4.56. The topological polar surface area (TPSA) is 86.2 Å². The third-order valence-electron chi connectivity index (χ3n) is 4.51. The molecule has 3 aromatic carbocycles. The second kappa shape index (κ2) is 12.1. The summed E-state index contributed by atoms with van der Waals surface area (Å²) in [6.07, 6.45) is 2.35. The Kier molecular flexibility index (Phi) is 8.90. The molecule has 3 rings (SSSR count). The number of nitrogens with zero attached hydrogens (tertiary/aromatic N) is 1. The minimum atomic E-state index is -0.653. The lowest BCUT2D eigenvalue weighted by Gasteiger charge is -2.10. The van der Waals surface area contributed by atoms with Crippen LogP contribution in [0.3, 0.4) is 0 Å². The van der Waals surface area contributed by atoms with Gasteiger partial charge in [-0.1, -0.05) is 30.1 Å². The maximum atomic E-state index is 12.5. The molecule has 1 amide bonds. The summed E-state index contributed by atoms with van der Waals surface area (Å²) in [5.74, 6) is 0.185. The fourth-order valence-electron chi connectivity index (χ4n) is 2.81. The lowest BCUT2D eigenvalue weighted by Crippen LogP contribution is -2.17. The molecule has 0 unspecified atom stereocenters. The summed E-state index contributed by atoms with van der Waals surface area (Å²) in [5.41, 5.74) is 3.70. The average Bonchev–Trinajstić information content (AvgIpc) is 2.83. The summed E-state index contributed by atoms with van der Waals surface area (Å²) >= 11 is 11.9. The summed E-state index contributed by atoms with van der Waals surface area (Å²) in [7, 11) is 1.44. The second-order valence-electron chi connectivity index (χ2n) is 7.00. The predicted molar refractivity (Wildman–Crippen MR) is 132 cm³/mol. The van der Waals surface area contributed by atoms with Crippen molar-refractivity contribution >= 4 is 41.3 Å². The molecule has 3 aromatic rings. The summed E-state index contributed by atoms with van der Waals surface area (Å²) in [6, 6.07) is 16.1. The molecule has 0 atom stereocenters. The summed E-state index contributed by atoms with van der Waals surface area (Å²) in [6.45, 7) is 2.64. The third-order valence-corrected chi connectivity index (χ3v) is 5.06. The zero-order valence-corrected chi connectivity index (χ0v) is 20.0. The maximum absolute atomic E-state index is 12.5. The highest BCUT2D eigenvalue weighted by molar-refractivity contribution is 6.36. The van der Waals surface area contributed by atoms with E-state index in [0.29, 0.717) is 34.3 Å². The van der Waals surface area contributed by atoms with Crippen molar-refractivity contribution < 1.29 is 23.8 Å². The lowest BCUT2D eigenvalue weighted by molar-refractivity contribution is 0.0729. The van der Waals surface area contributed by atoms with E-state index in [1.807, 2.05) is 6.92 Å². The first-order chi connectivity index (χ1) is 16.4. The molecule has 0 aliphatic carbocycles. The van der Waals surface area contributed by atoms with Crippen molar-refractivity contribution in [2.75, 3.05) is 13.7 Å². The number of halogens is 2. The minimum Gasteiger partial charge on any atom is -0.494 e. The Balaban J connectivity index is 1.63. The molecular weight excluding hydrogens is 479 g/mol. The molecule has 0 saturated carbocycles. The number of hydrogen-bond donors (Lipinski definition) is 1. The Hall–Kier alpha value is -3.55. The quantitative estimate of drug-likeness (QED) is 0.174. The van der Waals surface area contributed by atoms with Crippen molar-refractivity contribution in [1.82, 2.24) is 5.43 Å². The monoisotopic (exact) mass is 500 g/mol. The molecule has 1 N–H and O–H groups in total. The van der Waals surface area contributed by atoms with E-state index in [4.69, 9.17) is 37.4 Å². The van der Waals surface area contributed by atoms with Gasteiger partial charge in [0.1, 0.15) is 5.75 Å². The molecule has 0 heterocycles. The Morgan fingerprint density at radius 1 is 1.00 bits per heavy atom. The van der Waals surface area contributed by atoms with Crippen LogP contribution in [0.1, 0.15) is 39.6 Å². The van der Waals surface area contributed by atoms with E-state index in [2.05, 4.69) is 10.5 Å². The zero-order valence-electron chi connectivity index (χ0n) is 18.5. The number of nitrogens with one attached hydrogen (secondary N) is 1. The molecule has 7 nitrogen and oxygen atoms in total. The van der Waals surface area contributed by atoms with Gasteiger partial charge in [-0.05, 0) is 72.6 Å². The van der Waals surface area contributed by atoms with Crippen LogP contribution in [0.15, 0.2) is 65.8 Å². The van der Waals surface area contributed by atoms with Gasteiger partial charge >= 0.3 is 5.97 Å². The Morgan fingerprint density at radius 2 is 1.76 bits per heavy atom. The number of methoxy groups -OCH3 is 1. The number of carbonyl (C=O) groups is 2. The molecule has 0 fully saturated rings. The van der Waals surface area contributed by atoms with Gasteiger partial charge in [0.15, 0.2) is 11.5 Å². The first-order valence-corrected chi connectivity index (χ1v) is 11.1. The molecule has 0 radical (unpaired) electrons. The van der Waals surface area contributed by atoms with Gasteiger partial charge in [0, 0.05) is 10.6 Å². The van der Waals surface area contributed by atoms with Gasteiger partial charge in [-0.3, -0.25) is 4.79 Å². The van der Waals surface area contributed by atoms with Gasteiger partial charge < -0.3 is 14.2 Å². The van der Waals surface area contributed by atoms with E-state index in [9.17, 15) is 9.59 Å². The van der Waals surface area contributed by atoms with Crippen molar-refractivity contribution in [2.24, 2.45) is 5.10 Å². The molecule has 176 valence electrons. The van der Waals surface area contributed by atoms with Gasteiger partial charge in [0.25, 0.3) is 5.91 Å². The van der Waals surface area contributed by atoms with Gasteiger partial charge in [0.2, 0.25) is 0 Å². The third kappa shape index (κ3) is 6.73. The van der Waals surface area contributed by atoms with Crippen LogP contribution in [-0.2, 0) is 0 Å². The molecule has 9 heteroatoms. The molecule has 0 aromatic heterocycles. The minimum absolute atomic E-state index is 0.173. The largest absolute Gasteiger partial charge is 0.494 e. The van der Waals surface area contributed by atoms with Crippen molar-refractivity contribution in [3.63, 3.8) is 0 Å². The Labute approximate surface area is 207 Å². The highest BCUT2D eigenvalue weighted by Gasteiger charge is 2.16. The summed E-state index contributed by atoms with van der Waals surface area (Å²) in [4.78, 5) is 24.7. The number of carbonyl (C=O) groups excluding carboxylic acids is 2. The van der Waals surface area contributed by atoms with E-state index in [-0.39, 0.29) is 22.2 Å². The number of hydrazone groups is 1. The van der Waals surface area contributed by atoms with Gasteiger partial charge in [0.05, 0.1) is 30.5 Å². The van der Waals surface area contributed by atoms with Crippen LogP contribution >= 0.6 is 23.2 Å². The van der Waals surface area contributed by atoms with E-state index in [1.165, 1.54) is 25.5 Å². The van der Waals surface area contributed by atoms with Crippen LogP contribution in [0.2, 0.25) is 10.0 Å². The number of rotatable bonds is 9. The highest BCUT2D eigenvalue weighted by Crippen LogP contribution is 2.30. The first kappa shape index (κ1) is 25.1. The van der Waals surface area contributed by atoms with E-state index in [0.717, 1.165) is 6.42 Å². The van der Waals surface area contributed by atoms with Crippen LogP contribution < -0.4 is 19.6 Å².